The lowest BCUT2D eigenvalue weighted by Gasteiger charge is -2.29. The molecule has 0 spiro atoms. The number of nitrogens with two attached hydrogens (primary N) is 1. The second-order valence-electron chi connectivity index (χ2n) is 4.60. The molecule has 3 N–H and O–H groups in total. The van der Waals surface area contributed by atoms with Crippen LogP contribution in [0.1, 0.15) is 52.9 Å². The van der Waals surface area contributed by atoms with Gasteiger partial charge in [-0.1, -0.05) is 27.2 Å². The fraction of sp³-hybridized carbons (Fsp3) is 1.00. The van der Waals surface area contributed by atoms with Gasteiger partial charge in [0.15, 0.2) is 0 Å². The van der Waals surface area contributed by atoms with Crippen molar-refractivity contribution < 1.29 is 5.11 Å². The lowest BCUT2D eigenvalue weighted by molar-refractivity contribution is 0.101. The number of hydrogen-bond donors (Lipinski definition) is 2. The van der Waals surface area contributed by atoms with Crippen LogP contribution in [0.3, 0.4) is 0 Å². The molecular weight excluding hydrogens is 174 g/mol. The molecule has 2 heteroatoms. The van der Waals surface area contributed by atoms with E-state index in [0.29, 0.717) is 12.5 Å². The molecule has 0 aromatic heterocycles. The highest BCUT2D eigenvalue weighted by Gasteiger charge is 2.24. The lowest BCUT2D eigenvalue weighted by atomic mass is 9.78. The van der Waals surface area contributed by atoms with Crippen LogP contribution in [0.25, 0.3) is 0 Å². The van der Waals surface area contributed by atoms with Crippen molar-refractivity contribution in [2.45, 2.75) is 52.9 Å². The van der Waals surface area contributed by atoms with E-state index in [1.54, 1.807) is 0 Å². The van der Waals surface area contributed by atoms with Gasteiger partial charge in [0.25, 0.3) is 0 Å². The third-order valence-corrected chi connectivity index (χ3v) is 3.64. The lowest BCUT2D eigenvalue weighted by Crippen LogP contribution is -2.24. The molecule has 0 saturated heterocycles. The second-order valence-corrected chi connectivity index (χ2v) is 4.60. The SMILES string of the molecule is CCC(CC)(CO)CCCC(C)CN. The van der Waals surface area contributed by atoms with Crippen LogP contribution in [-0.2, 0) is 0 Å². The Kier molecular flexibility index (Phi) is 7.20. The number of aliphatic hydroxyl groups excluding tert-OH is 1. The Bertz CT molecular complexity index is 124. The average molecular weight is 201 g/mol. The smallest absolute Gasteiger partial charge is 0.0487 e. The quantitative estimate of drug-likeness (QED) is 0.634. The van der Waals surface area contributed by atoms with Crippen LogP contribution in [0.4, 0.5) is 0 Å². The maximum Gasteiger partial charge on any atom is 0.0487 e. The Morgan fingerprint density at radius 2 is 1.86 bits per heavy atom. The van der Waals surface area contributed by atoms with Crippen molar-refractivity contribution in [2.75, 3.05) is 13.2 Å². The zero-order valence-electron chi connectivity index (χ0n) is 10.1. The fourth-order valence-electron chi connectivity index (χ4n) is 1.85. The molecule has 0 heterocycles. The summed E-state index contributed by atoms with van der Waals surface area (Å²) in [6.07, 6.45) is 5.69. The van der Waals surface area contributed by atoms with E-state index in [4.69, 9.17) is 5.73 Å². The molecule has 0 aliphatic rings. The van der Waals surface area contributed by atoms with Crippen LogP contribution in [0.2, 0.25) is 0 Å². The predicted molar refractivity (Wildman–Crippen MR) is 62.2 cm³/mol. The maximum atomic E-state index is 9.37. The molecule has 0 bridgehead atoms. The van der Waals surface area contributed by atoms with Crippen LogP contribution in [0, 0.1) is 11.3 Å². The molecule has 0 aliphatic heterocycles. The average Bonchev–Trinajstić information content (AvgIpc) is 2.25. The minimum atomic E-state index is 0.175. The Morgan fingerprint density at radius 1 is 1.29 bits per heavy atom. The van der Waals surface area contributed by atoms with Gasteiger partial charge in [-0.15, -0.1) is 0 Å². The molecule has 86 valence electrons. The Labute approximate surface area is 88.9 Å². The van der Waals surface area contributed by atoms with E-state index in [1.165, 1.54) is 12.8 Å². The highest BCUT2D eigenvalue weighted by Crippen LogP contribution is 2.32. The van der Waals surface area contributed by atoms with Crippen LogP contribution in [0.15, 0.2) is 0 Å². The number of aliphatic hydroxyl groups is 1. The summed E-state index contributed by atoms with van der Waals surface area (Å²) in [7, 11) is 0. The molecule has 1 atom stereocenters. The molecule has 1 unspecified atom stereocenters. The molecule has 14 heavy (non-hydrogen) atoms. The van der Waals surface area contributed by atoms with Crippen LogP contribution in [-0.4, -0.2) is 18.3 Å². The Morgan fingerprint density at radius 3 is 2.21 bits per heavy atom. The highest BCUT2D eigenvalue weighted by atomic mass is 16.3. The van der Waals surface area contributed by atoms with Gasteiger partial charge < -0.3 is 10.8 Å². The molecule has 0 saturated carbocycles. The first-order chi connectivity index (χ1) is 6.64. The Balaban J connectivity index is 3.82. The largest absolute Gasteiger partial charge is 0.396 e. The van der Waals surface area contributed by atoms with Gasteiger partial charge in [-0.05, 0) is 43.6 Å². The third kappa shape index (κ3) is 4.43. The minimum absolute atomic E-state index is 0.175. The minimum Gasteiger partial charge on any atom is -0.396 e. The molecule has 0 fully saturated rings. The van der Waals surface area contributed by atoms with Crippen molar-refractivity contribution in [3.8, 4) is 0 Å². The topological polar surface area (TPSA) is 46.2 Å². The fourth-order valence-corrected chi connectivity index (χ4v) is 1.85. The van der Waals surface area contributed by atoms with Gasteiger partial charge in [0, 0.05) is 6.61 Å². The summed E-state index contributed by atoms with van der Waals surface area (Å²) in [5, 5.41) is 9.37. The number of hydrogen-bond acceptors (Lipinski definition) is 2. The van der Waals surface area contributed by atoms with Gasteiger partial charge in [-0.3, -0.25) is 0 Å². The monoisotopic (exact) mass is 201 g/mol. The molecule has 0 aromatic rings. The van der Waals surface area contributed by atoms with E-state index >= 15 is 0 Å². The summed E-state index contributed by atoms with van der Waals surface area (Å²) in [5.41, 5.74) is 5.74. The van der Waals surface area contributed by atoms with Crippen molar-refractivity contribution in [3.63, 3.8) is 0 Å². The van der Waals surface area contributed by atoms with E-state index in [0.717, 1.165) is 25.8 Å². The van der Waals surface area contributed by atoms with Gasteiger partial charge in [-0.2, -0.15) is 0 Å². The van der Waals surface area contributed by atoms with Gasteiger partial charge in [0.1, 0.15) is 0 Å². The van der Waals surface area contributed by atoms with Gasteiger partial charge >= 0.3 is 0 Å². The summed E-state index contributed by atoms with van der Waals surface area (Å²) >= 11 is 0. The first kappa shape index (κ1) is 13.9. The molecule has 0 amide bonds. The maximum absolute atomic E-state index is 9.37. The van der Waals surface area contributed by atoms with Crippen LogP contribution in [0.5, 0.6) is 0 Å². The highest BCUT2D eigenvalue weighted by molar-refractivity contribution is 4.75. The van der Waals surface area contributed by atoms with E-state index in [9.17, 15) is 5.11 Å². The normalized spacial score (nSPS) is 14.4. The Hall–Kier alpha value is -0.0800. The van der Waals surface area contributed by atoms with Gasteiger partial charge in [0.05, 0.1) is 0 Å². The van der Waals surface area contributed by atoms with E-state index < -0.39 is 0 Å². The first-order valence-corrected chi connectivity index (χ1v) is 5.95. The standard InChI is InChI=1S/C12H27NO/c1-4-12(5-2,10-14)8-6-7-11(3)9-13/h11,14H,4-10,13H2,1-3H3. The molecule has 0 rings (SSSR count). The van der Waals surface area contributed by atoms with Gasteiger partial charge in [0.2, 0.25) is 0 Å². The predicted octanol–water partition coefficient (Wildman–Crippen LogP) is 2.55. The third-order valence-electron chi connectivity index (χ3n) is 3.64. The van der Waals surface area contributed by atoms with E-state index in [1.807, 2.05) is 0 Å². The second kappa shape index (κ2) is 7.24. The van der Waals surface area contributed by atoms with E-state index in [2.05, 4.69) is 20.8 Å². The van der Waals surface area contributed by atoms with Crippen molar-refractivity contribution in [1.82, 2.24) is 0 Å². The summed E-state index contributed by atoms with van der Waals surface area (Å²) in [5.74, 6) is 0.625. The van der Waals surface area contributed by atoms with Crippen LogP contribution < -0.4 is 5.73 Å². The molecular formula is C12H27NO. The zero-order chi connectivity index (χ0) is 11.0. The molecule has 0 radical (unpaired) electrons. The van der Waals surface area contributed by atoms with Crippen molar-refractivity contribution in [2.24, 2.45) is 17.1 Å². The van der Waals surface area contributed by atoms with Crippen molar-refractivity contribution in [3.05, 3.63) is 0 Å². The van der Waals surface area contributed by atoms with Crippen molar-refractivity contribution >= 4 is 0 Å². The summed E-state index contributed by atoms with van der Waals surface area (Å²) in [4.78, 5) is 0. The molecule has 0 aliphatic carbocycles. The molecule has 0 aromatic carbocycles. The summed E-state index contributed by atoms with van der Waals surface area (Å²) in [6, 6.07) is 0. The zero-order valence-corrected chi connectivity index (χ0v) is 10.1. The molecule has 2 nitrogen and oxygen atoms in total. The number of rotatable bonds is 8. The van der Waals surface area contributed by atoms with Crippen molar-refractivity contribution in [1.29, 1.82) is 0 Å². The van der Waals surface area contributed by atoms with Gasteiger partial charge in [-0.25, -0.2) is 0 Å². The summed E-state index contributed by atoms with van der Waals surface area (Å²) in [6.45, 7) is 7.65. The first-order valence-electron chi connectivity index (χ1n) is 5.95. The van der Waals surface area contributed by atoms with E-state index in [-0.39, 0.29) is 5.41 Å². The van der Waals surface area contributed by atoms with Crippen LogP contribution >= 0.6 is 0 Å². The summed E-state index contributed by atoms with van der Waals surface area (Å²) < 4.78 is 0.